The average molecular weight is 388 g/mol. The van der Waals surface area contributed by atoms with Crippen molar-refractivity contribution in [2.24, 2.45) is 0 Å². The number of aliphatic hydroxyl groups is 1. The third-order valence-electron chi connectivity index (χ3n) is 4.49. The summed E-state index contributed by atoms with van der Waals surface area (Å²) < 4.78 is 16.3. The van der Waals surface area contributed by atoms with E-state index in [0.717, 1.165) is 22.6 Å². The molecule has 0 saturated carbocycles. The molecule has 0 radical (unpaired) electrons. The summed E-state index contributed by atoms with van der Waals surface area (Å²) in [6, 6.07) is 11.3. The normalized spacial score (nSPS) is 15.7. The summed E-state index contributed by atoms with van der Waals surface area (Å²) in [4.78, 5) is 1.92. The fourth-order valence-corrected chi connectivity index (χ4v) is 3.49. The lowest BCUT2D eigenvalue weighted by atomic mass is 9.95. The molecule has 2 aromatic carbocycles. The van der Waals surface area contributed by atoms with Gasteiger partial charge in [0.2, 0.25) is 0 Å². The predicted octanol–water partition coefficient (Wildman–Crippen LogP) is 3.35. The molecule has 1 heterocycles. The van der Waals surface area contributed by atoms with Crippen LogP contribution in [0.1, 0.15) is 24.2 Å². The van der Waals surface area contributed by atoms with Crippen LogP contribution in [0, 0.1) is 0 Å². The van der Waals surface area contributed by atoms with E-state index in [1.807, 2.05) is 48.2 Å². The molecule has 0 spiro atoms. The van der Waals surface area contributed by atoms with Gasteiger partial charge in [-0.2, -0.15) is 0 Å². The fourth-order valence-electron chi connectivity index (χ4n) is 3.23. The zero-order chi connectivity index (χ0) is 19.4. The smallest absolute Gasteiger partial charge is 0.173 e. The van der Waals surface area contributed by atoms with Gasteiger partial charge in [0.05, 0.1) is 27.4 Å². The first-order valence-corrected chi connectivity index (χ1v) is 9.18. The van der Waals surface area contributed by atoms with Gasteiger partial charge in [-0.3, -0.25) is 0 Å². The number of nitrogens with zero attached hydrogens (tertiary/aromatic N) is 1. The van der Waals surface area contributed by atoms with Crippen LogP contribution in [0.4, 0.5) is 5.69 Å². The van der Waals surface area contributed by atoms with E-state index in [-0.39, 0.29) is 0 Å². The molecule has 0 amide bonds. The van der Waals surface area contributed by atoms with Crippen molar-refractivity contribution >= 4 is 23.0 Å². The third kappa shape index (κ3) is 4.09. The lowest BCUT2D eigenvalue weighted by Gasteiger charge is -2.35. The maximum atomic E-state index is 10.7. The molecule has 2 aromatic rings. The van der Waals surface area contributed by atoms with Crippen LogP contribution in [-0.4, -0.2) is 42.5 Å². The van der Waals surface area contributed by atoms with Crippen molar-refractivity contribution < 1.29 is 19.3 Å². The number of benzene rings is 2. The number of methoxy groups -OCH3 is 2. The Morgan fingerprint density at radius 1 is 1.15 bits per heavy atom. The Morgan fingerprint density at radius 3 is 2.44 bits per heavy atom. The lowest BCUT2D eigenvalue weighted by Crippen LogP contribution is -2.41. The molecular formula is C20H24N2O4S. The van der Waals surface area contributed by atoms with Crippen molar-refractivity contribution in [3.05, 3.63) is 47.5 Å². The second kappa shape index (κ2) is 8.45. The molecule has 1 aliphatic heterocycles. The first-order valence-electron chi connectivity index (χ1n) is 8.78. The number of hydrogen-bond donors (Lipinski definition) is 2. The van der Waals surface area contributed by atoms with E-state index in [0.29, 0.717) is 36.3 Å². The molecule has 2 N–H and O–H groups in total. The van der Waals surface area contributed by atoms with Gasteiger partial charge in [0, 0.05) is 23.4 Å². The van der Waals surface area contributed by atoms with Gasteiger partial charge in [-0.15, -0.1) is 0 Å². The second-order valence-corrected chi connectivity index (χ2v) is 6.53. The van der Waals surface area contributed by atoms with E-state index in [1.54, 1.807) is 14.2 Å². The molecular weight excluding hydrogens is 364 g/mol. The highest BCUT2D eigenvalue weighted by Gasteiger charge is 2.30. The minimum Gasteiger partial charge on any atom is -0.496 e. The summed E-state index contributed by atoms with van der Waals surface area (Å²) in [5.74, 6) is 2.18. The zero-order valence-corrected chi connectivity index (χ0v) is 16.5. The van der Waals surface area contributed by atoms with Crippen molar-refractivity contribution in [3.8, 4) is 17.2 Å². The van der Waals surface area contributed by atoms with Gasteiger partial charge in [0.15, 0.2) is 5.11 Å². The third-order valence-corrected chi connectivity index (χ3v) is 4.85. The molecule has 0 fully saturated rings. The zero-order valence-electron chi connectivity index (χ0n) is 15.7. The second-order valence-electron chi connectivity index (χ2n) is 6.15. The number of β-amino-alcohol motifs (C(OH)–C–C–N with tert-alkyl or cyclic N) is 1. The Labute approximate surface area is 164 Å². The maximum absolute atomic E-state index is 10.7. The van der Waals surface area contributed by atoms with E-state index >= 15 is 0 Å². The molecule has 144 valence electrons. The molecule has 7 heteroatoms. The van der Waals surface area contributed by atoms with Crippen LogP contribution in [0.3, 0.4) is 0 Å². The molecule has 0 bridgehead atoms. The largest absolute Gasteiger partial charge is 0.496 e. The highest BCUT2D eigenvalue weighted by molar-refractivity contribution is 7.80. The summed E-state index contributed by atoms with van der Waals surface area (Å²) in [6.07, 6.45) is -0.723. The van der Waals surface area contributed by atoms with Crippen molar-refractivity contribution in [2.75, 3.05) is 32.7 Å². The van der Waals surface area contributed by atoms with Gasteiger partial charge in [0.25, 0.3) is 0 Å². The van der Waals surface area contributed by atoms with E-state index in [2.05, 4.69) is 5.32 Å². The van der Waals surface area contributed by atoms with E-state index in [4.69, 9.17) is 26.4 Å². The van der Waals surface area contributed by atoms with Crippen LogP contribution in [0.15, 0.2) is 36.4 Å². The van der Waals surface area contributed by atoms with Gasteiger partial charge in [-0.25, -0.2) is 0 Å². The Balaban J connectivity index is 1.78. The van der Waals surface area contributed by atoms with Crippen LogP contribution in [0.25, 0.3) is 0 Å². The summed E-state index contributed by atoms with van der Waals surface area (Å²) in [7, 11) is 3.21. The number of aliphatic hydroxyl groups excluding tert-OH is 1. The number of fused-ring (bicyclic) bond motifs is 1. The Hall–Kier alpha value is -2.51. The number of anilines is 1. The van der Waals surface area contributed by atoms with Gasteiger partial charge in [-0.05, 0) is 55.5 Å². The quantitative estimate of drug-likeness (QED) is 0.762. The predicted molar refractivity (Wildman–Crippen MR) is 109 cm³/mol. The average Bonchev–Trinajstić information content (AvgIpc) is 2.68. The molecule has 0 aromatic heterocycles. The number of rotatable bonds is 5. The summed E-state index contributed by atoms with van der Waals surface area (Å²) in [5.41, 5.74) is 2.50. The van der Waals surface area contributed by atoms with E-state index in [9.17, 15) is 5.11 Å². The standard InChI is InChI=1S/C20H24N2O4S/c1-4-26-14-7-5-13(6-8-14)21-20(27)22-11-15-17(24-2)9-10-18(25-3)19(15)16(23)12-22/h5-10,16,23H,4,11-12H2,1-3H3,(H,21,27)/t16-/m1/s1. The van der Waals surface area contributed by atoms with Gasteiger partial charge in [0.1, 0.15) is 23.4 Å². The summed E-state index contributed by atoms with van der Waals surface area (Å²) in [6.45, 7) is 3.47. The monoisotopic (exact) mass is 388 g/mol. The van der Waals surface area contributed by atoms with Gasteiger partial charge < -0.3 is 29.5 Å². The van der Waals surface area contributed by atoms with E-state index in [1.165, 1.54) is 0 Å². The van der Waals surface area contributed by atoms with Crippen LogP contribution in [-0.2, 0) is 6.54 Å². The first-order chi connectivity index (χ1) is 13.1. The van der Waals surface area contributed by atoms with Gasteiger partial charge >= 0.3 is 0 Å². The van der Waals surface area contributed by atoms with Crippen molar-refractivity contribution in [2.45, 2.75) is 19.6 Å². The first kappa shape index (κ1) is 19.3. The molecule has 0 saturated heterocycles. The minimum atomic E-state index is -0.723. The number of ether oxygens (including phenoxy) is 3. The number of thiocarbonyl (C=S) groups is 1. The Morgan fingerprint density at radius 2 is 1.81 bits per heavy atom. The number of hydrogen-bond acceptors (Lipinski definition) is 5. The molecule has 1 atom stereocenters. The van der Waals surface area contributed by atoms with Crippen LogP contribution >= 0.6 is 12.2 Å². The highest BCUT2D eigenvalue weighted by atomic mass is 32.1. The highest BCUT2D eigenvalue weighted by Crippen LogP contribution is 2.39. The maximum Gasteiger partial charge on any atom is 0.173 e. The SMILES string of the molecule is CCOc1ccc(NC(=S)N2Cc3c(OC)ccc(OC)c3[C@H](O)C2)cc1. The summed E-state index contributed by atoms with van der Waals surface area (Å²) in [5, 5.41) is 14.4. The summed E-state index contributed by atoms with van der Waals surface area (Å²) >= 11 is 5.56. The van der Waals surface area contributed by atoms with Crippen molar-refractivity contribution in [1.29, 1.82) is 0 Å². The lowest BCUT2D eigenvalue weighted by molar-refractivity contribution is 0.123. The fraction of sp³-hybridized carbons (Fsp3) is 0.350. The molecule has 27 heavy (non-hydrogen) atoms. The molecule has 3 rings (SSSR count). The molecule has 6 nitrogen and oxygen atoms in total. The Bertz CT molecular complexity index is 810. The Kier molecular flexibility index (Phi) is 6.03. The van der Waals surface area contributed by atoms with Crippen molar-refractivity contribution in [3.63, 3.8) is 0 Å². The van der Waals surface area contributed by atoms with Crippen LogP contribution in [0.2, 0.25) is 0 Å². The van der Waals surface area contributed by atoms with Crippen molar-refractivity contribution in [1.82, 2.24) is 4.90 Å². The van der Waals surface area contributed by atoms with E-state index < -0.39 is 6.10 Å². The van der Waals surface area contributed by atoms with Crippen LogP contribution < -0.4 is 19.5 Å². The molecule has 0 unspecified atom stereocenters. The van der Waals surface area contributed by atoms with Gasteiger partial charge in [-0.1, -0.05) is 0 Å². The number of nitrogens with one attached hydrogen (secondary N) is 1. The topological polar surface area (TPSA) is 63.2 Å². The van der Waals surface area contributed by atoms with Crippen LogP contribution in [0.5, 0.6) is 17.2 Å². The molecule has 0 aliphatic carbocycles. The molecule has 1 aliphatic rings. The minimum absolute atomic E-state index is 0.374.